The van der Waals surface area contributed by atoms with Gasteiger partial charge >= 0.3 is 0 Å². The zero-order chi connectivity index (χ0) is 21.3. The van der Waals surface area contributed by atoms with E-state index in [1.807, 2.05) is 67.2 Å². The summed E-state index contributed by atoms with van der Waals surface area (Å²) in [6.07, 6.45) is 0.282. The quantitative estimate of drug-likeness (QED) is 0.764. The van der Waals surface area contributed by atoms with Crippen molar-refractivity contribution in [3.05, 3.63) is 42.0 Å². The van der Waals surface area contributed by atoms with Crippen molar-refractivity contribution in [2.75, 3.05) is 61.5 Å². The molecule has 3 heterocycles. The summed E-state index contributed by atoms with van der Waals surface area (Å²) >= 11 is 0. The molecule has 2 aliphatic rings. The van der Waals surface area contributed by atoms with E-state index < -0.39 is 0 Å². The van der Waals surface area contributed by atoms with Crippen molar-refractivity contribution >= 4 is 29.1 Å². The van der Waals surface area contributed by atoms with Gasteiger partial charge in [0.05, 0.1) is 5.92 Å². The third kappa shape index (κ3) is 4.08. The molecule has 8 nitrogen and oxygen atoms in total. The molecule has 0 N–H and O–H groups in total. The van der Waals surface area contributed by atoms with Crippen LogP contribution < -0.4 is 14.7 Å². The van der Waals surface area contributed by atoms with Crippen LogP contribution in [0.3, 0.4) is 0 Å². The Labute approximate surface area is 177 Å². The maximum atomic E-state index is 13.0. The highest BCUT2D eigenvalue weighted by atomic mass is 16.2. The molecule has 1 aromatic heterocycles. The highest BCUT2D eigenvalue weighted by molar-refractivity contribution is 6.00. The Morgan fingerprint density at radius 2 is 1.70 bits per heavy atom. The first-order valence-corrected chi connectivity index (χ1v) is 10.3. The number of piperazine rings is 1. The molecule has 0 bridgehead atoms. The topological polar surface area (TPSA) is 72.9 Å². The van der Waals surface area contributed by atoms with E-state index in [2.05, 4.69) is 15.1 Å². The Morgan fingerprint density at radius 3 is 2.30 bits per heavy atom. The van der Waals surface area contributed by atoms with Crippen LogP contribution >= 0.6 is 0 Å². The van der Waals surface area contributed by atoms with E-state index in [4.69, 9.17) is 0 Å². The van der Waals surface area contributed by atoms with Crippen molar-refractivity contribution in [1.82, 2.24) is 15.1 Å². The van der Waals surface area contributed by atoms with Gasteiger partial charge in [-0.2, -0.15) is 0 Å². The fourth-order valence-corrected chi connectivity index (χ4v) is 3.99. The first-order chi connectivity index (χ1) is 14.4. The molecule has 30 heavy (non-hydrogen) atoms. The van der Waals surface area contributed by atoms with E-state index in [-0.39, 0.29) is 24.2 Å². The molecule has 0 aliphatic carbocycles. The maximum Gasteiger partial charge on any atom is 0.228 e. The number of hydrogen-bond acceptors (Lipinski definition) is 6. The summed E-state index contributed by atoms with van der Waals surface area (Å²) in [5.74, 6) is 1.47. The van der Waals surface area contributed by atoms with Gasteiger partial charge in [-0.3, -0.25) is 9.59 Å². The molecule has 1 unspecified atom stereocenters. The highest BCUT2D eigenvalue weighted by Gasteiger charge is 2.38. The molecule has 0 saturated carbocycles. The molecule has 1 atom stereocenters. The Hall–Kier alpha value is -3.16. The van der Waals surface area contributed by atoms with Crippen LogP contribution in [0.5, 0.6) is 0 Å². The highest BCUT2D eigenvalue weighted by Crippen LogP contribution is 2.27. The number of anilines is 3. The lowest BCUT2D eigenvalue weighted by Crippen LogP contribution is -2.51. The molecule has 1 aromatic carbocycles. The number of nitrogens with zero attached hydrogens (tertiary/aromatic N) is 6. The van der Waals surface area contributed by atoms with Crippen LogP contribution in [0, 0.1) is 12.8 Å². The van der Waals surface area contributed by atoms with Gasteiger partial charge in [-0.15, -0.1) is 10.2 Å². The van der Waals surface area contributed by atoms with Crippen molar-refractivity contribution in [1.29, 1.82) is 0 Å². The summed E-state index contributed by atoms with van der Waals surface area (Å²) in [5.41, 5.74) is 2.02. The molecule has 2 saturated heterocycles. The fourth-order valence-electron chi connectivity index (χ4n) is 3.99. The van der Waals surface area contributed by atoms with E-state index >= 15 is 0 Å². The van der Waals surface area contributed by atoms with E-state index in [1.54, 1.807) is 4.90 Å². The molecular weight excluding hydrogens is 380 g/mol. The van der Waals surface area contributed by atoms with E-state index in [0.717, 1.165) is 22.9 Å². The monoisotopic (exact) mass is 408 g/mol. The lowest BCUT2D eigenvalue weighted by atomic mass is 10.1. The lowest BCUT2D eigenvalue weighted by molar-refractivity contribution is -0.136. The summed E-state index contributed by atoms with van der Waals surface area (Å²) in [5, 5.41) is 8.54. The van der Waals surface area contributed by atoms with Crippen molar-refractivity contribution in [2.45, 2.75) is 13.3 Å². The van der Waals surface area contributed by atoms with Crippen LogP contribution in [0.1, 0.15) is 12.0 Å². The van der Waals surface area contributed by atoms with Gasteiger partial charge in [0, 0.05) is 58.9 Å². The molecular formula is C22H28N6O2. The fraction of sp³-hybridized carbons (Fsp3) is 0.455. The number of rotatable bonds is 4. The summed E-state index contributed by atoms with van der Waals surface area (Å²) in [4.78, 5) is 33.2. The molecule has 2 amide bonds. The van der Waals surface area contributed by atoms with Gasteiger partial charge in [-0.1, -0.05) is 17.7 Å². The average molecular weight is 409 g/mol. The normalized spacial score (nSPS) is 19.4. The minimum absolute atomic E-state index is 0.0205. The van der Waals surface area contributed by atoms with Gasteiger partial charge < -0.3 is 19.6 Å². The molecule has 2 aliphatic heterocycles. The standard InChI is InChI=1S/C22H28N6O2/c1-16-4-6-18(7-5-16)28-15-17(14-21(28)29)22(30)27-12-10-26(11-13-27)20-9-8-19(23-24-20)25(2)3/h4-9,17H,10-15H2,1-3H3. The molecule has 158 valence electrons. The number of amides is 2. The van der Waals surface area contributed by atoms with E-state index in [9.17, 15) is 9.59 Å². The van der Waals surface area contributed by atoms with Crippen LogP contribution in [-0.2, 0) is 9.59 Å². The summed E-state index contributed by atoms with van der Waals surface area (Å²) in [6.45, 7) is 5.16. The lowest BCUT2D eigenvalue weighted by Gasteiger charge is -2.36. The average Bonchev–Trinajstić information content (AvgIpc) is 3.15. The van der Waals surface area contributed by atoms with Crippen LogP contribution in [0.2, 0.25) is 0 Å². The first-order valence-electron chi connectivity index (χ1n) is 10.3. The number of hydrogen-bond donors (Lipinski definition) is 0. The van der Waals surface area contributed by atoms with Crippen LogP contribution in [-0.4, -0.2) is 73.7 Å². The molecule has 2 aromatic rings. The number of carbonyl (C=O) groups is 2. The van der Waals surface area contributed by atoms with Crippen LogP contribution in [0.15, 0.2) is 36.4 Å². The van der Waals surface area contributed by atoms with Gasteiger partial charge in [-0.05, 0) is 31.2 Å². The van der Waals surface area contributed by atoms with Gasteiger partial charge in [0.2, 0.25) is 11.8 Å². The molecule has 0 radical (unpaired) electrons. The second kappa shape index (κ2) is 8.30. The molecule has 0 spiro atoms. The number of carbonyl (C=O) groups excluding carboxylic acids is 2. The minimum atomic E-state index is -0.274. The Kier molecular flexibility index (Phi) is 5.57. The van der Waals surface area contributed by atoms with E-state index in [0.29, 0.717) is 32.7 Å². The second-order valence-corrected chi connectivity index (χ2v) is 8.20. The van der Waals surface area contributed by atoms with Crippen molar-refractivity contribution in [2.24, 2.45) is 5.92 Å². The van der Waals surface area contributed by atoms with Crippen molar-refractivity contribution < 1.29 is 9.59 Å². The summed E-state index contributed by atoms with van der Waals surface area (Å²) < 4.78 is 0. The van der Waals surface area contributed by atoms with Crippen molar-refractivity contribution in [3.63, 3.8) is 0 Å². The van der Waals surface area contributed by atoms with Gasteiger partial charge in [0.25, 0.3) is 0 Å². The second-order valence-electron chi connectivity index (χ2n) is 8.20. The van der Waals surface area contributed by atoms with E-state index in [1.165, 1.54) is 0 Å². The predicted octanol–water partition coefficient (Wildman–Crippen LogP) is 1.55. The predicted molar refractivity (Wildman–Crippen MR) is 117 cm³/mol. The zero-order valence-corrected chi connectivity index (χ0v) is 17.8. The van der Waals surface area contributed by atoms with Crippen LogP contribution in [0.4, 0.5) is 17.3 Å². The Balaban J connectivity index is 1.34. The SMILES string of the molecule is Cc1ccc(N2CC(C(=O)N3CCN(c4ccc(N(C)C)nn4)CC3)CC2=O)cc1. The minimum Gasteiger partial charge on any atom is -0.361 e. The Morgan fingerprint density at radius 1 is 1.00 bits per heavy atom. The number of aryl methyl sites for hydroxylation is 1. The molecule has 2 fully saturated rings. The molecule has 8 heteroatoms. The Bertz CT molecular complexity index is 904. The number of benzene rings is 1. The van der Waals surface area contributed by atoms with Gasteiger partial charge in [0.15, 0.2) is 11.6 Å². The van der Waals surface area contributed by atoms with Gasteiger partial charge in [0.1, 0.15) is 0 Å². The third-order valence-corrected chi connectivity index (χ3v) is 5.83. The van der Waals surface area contributed by atoms with Gasteiger partial charge in [-0.25, -0.2) is 0 Å². The number of aromatic nitrogens is 2. The molecule has 4 rings (SSSR count). The summed E-state index contributed by atoms with van der Waals surface area (Å²) in [6, 6.07) is 11.8. The first kappa shape index (κ1) is 20.1. The van der Waals surface area contributed by atoms with Crippen LogP contribution in [0.25, 0.3) is 0 Å². The smallest absolute Gasteiger partial charge is 0.228 e. The third-order valence-electron chi connectivity index (χ3n) is 5.83. The maximum absolute atomic E-state index is 13.0. The zero-order valence-electron chi connectivity index (χ0n) is 17.8. The summed E-state index contributed by atoms with van der Waals surface area (Å²) in [7, 11) is 3.86. The van der Waals surface area contributed by atoms with Crippen molar-refractivity contribution in [3.8, 4) is 0 Å². The largest absolute Gasteiger partial charge is 0.361 e.